The second-order valence-corrected chi connectivity index (χ2v) is 6.75. The molecule has 2 rings (SSSR count). The van der Waals surface area contributed by atoms with E-state index in [2.05, 4.69) is 5.32 Å². The molecule has 2 amide bonds. The van der Waals surface area contributed by atoms with E-state index in [-0.39, 0.29) is 25.0 Å². The third-order valence-electron chi connectivity index (χ3n) is 4.83. The minimum absolute atomic E-state index is 0.229. The Balaban J connectivity index is 2.21. The lowest BCUT2D eigenvalue weighted by atomic mass is 10.1. The molecule has 1 unspecified atom stereocenters. The SMILES string of the molecule is CCC(C(=O)NC)N(Cc1ccc(OC)cc1)C(=O)COc1cc(OC)cc(OC)c1. The number of methoxy groups -OCH3 is 3. The Morgan fingerprint density at radius 1 is 0.903 bits per heavy atom. The number of nitrogens with zero attached hydrogens (tertiary/aromatic N) is 1. The summed E-state index contributed by atoms with van der Waals surface area (Å²) in [7, 11) is 6.22. The summed E-state index contributed by atoms with van der Waals surface area (Å²) < 4.78 is 21.4. The highest BCUT2D eigenvalue weighted by Crippen LogP contribution is 2.27. The van der Waals surface area contributed by atoms with E-state index in [0.29, 0.717) is 23.7 Å². The first-order valence-electron chi connectivity index (χ1n) is 9.95. The lowest BCUT2D eigenvalue weighted by molar-refractivity contribution is -0.142. The quantitative estimate of drug-likeness (QED) is 0.590. The Labute approximate surface area is 183 Å². The van der Waals surface area contributed by atoms with Gasteiger partial charge < -0.3 is 29.2 Å². The van der Waals surface area contributed by atoms with Crippen LogP contribution in [0.4, 0.5) is 0 Å². The second kappa shape index (κ2) is 11.7. The smallest absolute Gasteiger partial charge is 0.261 e. The number of ether oxygens (including phenoxy) is 4. The van der Waals surface area contributed by atoms with Gasteiger partial charge in [0, 0.05) is 31.8 Å². The molecule has 2 aromatic carbocycles. The van der Waals surface area contributed by atoms with Crippen LogP contribution >= 0.6 is 0 Å². The first kappa shape index (κ1) is 23.9. The van der Waals surface area contributed by atoms with E-state index in [1.165, 1.54) is 19.1 Å². The lowest BCUT2D eigenvalue weighted by Gasteiger charge is -2.30. The van der Waals surface area contributed by atoms with E-state index >= 15 is 0 Å². The number of hydrogen-bond acceptors (Lipinski definition) is 6. The monoisotopic (exact) mass is 430 g/mol. The van der Waals surface area contributed by atoms with Crippen molar-refractivity contribution in [3.8, 4) is 23.0 Å². The molecular weight excluding hydrogens is 400 g/mol. The molecule has 0 radical (unpaired) electrons. The molecule has 8 nitrogen and oxygen atoms in total. The standard InChI is InChI=1S/C23H30N2O6/c1-6-21(23(27)24-2)25(14-16-7-9-17(28-3)10-8-16)22(26)15-31-20-12-18(29-4)11-19(13-20)30-5/h7-13,21H,6,14-15H2,1-5H3,(H,24,27). The fraction of sp³-hybridized carbons (Fsp3) is 0.391. The number of hydrogen-bond donors (Lipinski definition) is 1. The van der Waals surface area contributed by atoms with Crippen LogP contribution < -0.4 is 24.3 Å². The van der Waals surface area contributed by atoms with Crippen molar-refractivity contribution in [1.82, 2.24) is 10.2 Å². The average Bonchev–Trinajstić information content (AvgIpc) is 2.82. The zero-order valence-electron chi connectivity index (χ0n) is 18.6. The minimum Gasteiger partial charge on any atom is -0.497 e. The molecule has 0 saturated carbocycles. The van der Waals surface area contributed by atoms with Crippen LogP contribution in [0.5, 0.6) is 23.0 Å². The summed E-state index contributed by atoms with van der Waals surface area (Å²) in [5, 5.41) is 2.63. The van der Waals surface area contributed by atoms with E-state index in [4.69, 9.17) is 18.9 Å². The Hall–Kier alpha value is -3.42. The van der Waals surface area contributed by atoms with Crippen molar-refractivity contribution < 1.29 is 28.5 Å². The van der Waals surface area contributed by atoms with Gasteiger partial charge in [0.15, 0.2) is 6.61 Å². The Kier molecular flexibility index (Phi) is 8.99. The molecule has 31 heavy (non-hydrogen) atoms. The lowest BCUT2D eigenvalue weighted by Crippen LogP contribution is -2.49. The fourth-order valence-corrected chi connectivity index (χ4v) is 3.11. The van der Waals surface area contributed by atoms with Gasteiger partial charge in [0.25, 0.3) is 5.91 Å². The summed E-state index contributed by atoms with van der Waals surface area (Å²) in [5.74, 6) is 1.71. The van der Waals surface area contributed by atoms with Crippen molar-refractivity contribution in [3.05, 3.63) is 48.0 Å². The van der Waals surface area contributed by atoms with E-state index in [9.17, 15) is 9.59 Å². The molecule has 1 atom stereocenters. The van der Waals surface area contributed by atoms with E-state index in [1.54, 1.807) is 32.4 Å². The highest BCUT2D eigenvalue weighted by atomic mass is 16.5. The highest BCUT2D eigenvalue weighted by molar-refractivity contribution is 5.88. The summed E-state index contributed by atoms with van der Waals surface area (Å²) in [5.41, 5.74) is 0.875. The summed E-state index contributed by atoms with van der Waals surface area (Å²) in [4.78, 5) is 27.1. The molecule has 2 aromatic rings. The van der Waals surface area contributed by atoms with Crippen LogP contribution in [0.25, 0.3) is 0 Å². The highest BCUT2D eigenvalue weighted by Gasteiger charge is 2.28. The zero-order chi connectivity index (χ0) is 22.8. The van der Waals surface area contributed by atoms with Crippen molar-refractivity contribution in [2.75, 3.05) is 35.0 Å². The van der Waals surface area contributed by atoms with Crippen LogP contribution in [0.15, 0.2) is 42.5 Å². The summed E-state index contributed by atoms with van der Waals surface area (Å²) >= 11 is 0. The Morgan fingerprint density at radius 3 is 1.94 bits per heavy atom. The number of benzene rings is 2. The van der Waals surface area contributed by atoms with Crippen LogP contribution in [-0.4, -0.2) is 57.7 Å². The summed E-state index contributed by atoms with van der Waals surface area (Å²) in [6, 6.07) is 11.8. The molecule has 0 spiro atoms. The second-order valence-electron chi connectivity index (χ2n) is 6.75. The fourth-order valence-electron chi connectivity index (χ4n) is 3.11. The molecule has 0 aliphatic carbocycles. The minimum atomic E-state index is -0.622. The van der Waals surface area contributed by atoms with Gasteiger partial charge in [0.05, 0.1) is 21.3 Å². The predicted octanol–water partition coefficient (Wildman–Crippen LogP) is 2.64. The van der Waals surface area contributed by atoms with Gasteiger partial charge in [-0.3, -0.25) is 9.59 Å². The van der Waals surface area contributed by atoms with Gasteiger partial charge in [-0.15, -0.1) is 0 Å². The van der Waals surface area contributed by atoms with Crippen LogP contribution in [0.2, 0.25) is 0 Å². The molecule has 0 bridgehead atoms. The molecule has 0 aliphatic rings. The summed E-state index contributed by atoms with van der Waals surface area (Å²) in [6.07, 6.45) is 0.467. The molecule has 8 heteroatoms. The first-order valence-corrected chi connectivity index (χ1v) is 9.95. The maximum Gasteiger partial charge on any atom is 0.261 e. The van der Waals surface area contributed by atoms with Gasteiger partial charge in [-0.1, -0.05) is 19.1 Å². The van der Waals surface area contributed by atoms with Crippen molar-refractivity contribution in [2.24, 2.45) is 0 Å². The number of carbonyl (C=O) groups is 2. The van der Waals surface area contributed by atoms with Crippen LogP contribution in [0.1, 0.15) is 18.9 Å². The molecule has 168 valence electrons. The van der Waals surface area contributed by atoms with Crippen LogP contribution in [0.3, 0.4) is 0 Å². The van der Waals surface area contributed by atoms with Crippen molar-refractivity contribution in [3.63, 3.8) is 0 Å². The third kappa shape index (κ3) is 6.53. The van der Waals surface area contributed by atoms with Crippen molar-refractivity contribution >= 4 is 11.8 Å². The Bertz CT molecular complexity index is 847. The molecule has 0 aromatic heterocycles. The predicted molar refractivity (Wildman–Crippen MR) is 117 cm³/mol. The van der Waals surface area contributed by atoms with Gasteiger partial charge >= 0.3 is 0 Å². The molecule has 0 saturated heterocycles. The number of nitrogens with one attached hydrogen (secondary N) is 1. The first-order chi connectivity index (χ1) is 14.9. The number of rotatable bonds is 11. The maximum atomic E-state index is 13.1. The number of carbonyl (C=O) groups excluding carboxylic acids is 2. The number of likely N-dealkylation sites (N-methyl/N-ethyl adjacent to an activating group) is 1. The normalized spacial score (nSPS) is 11.3. The van der Waals surface area contributed by atoms with Gasteiger partial charge in [-0.2, -0.15) is 0 Å². The molecule has 0 heterocycles. The zero-order valence-corrected chi connectivity index (χ0v) is 18.6. The Morgan fingerprint density at radius 2 is 1.45 bits per heavy atom. The molecular formula is C23H30N2O6. The largest absolute Gasteiger partial charge is 0.497 e. The van der Waals surface area contributed by atoms with Crippen molar-refractivity contribution in [1.29, 1.82) is 0 Å². The number of amides is 2. The van der Waals surface area contributed by atoms with E-state index in [0.717, 1.165) is 11.3 Å². The maximum absolute atomic E-state index is 13.1. The molecule has 0 fully saturated rings. The third-order valence-corrected chi connectivity index (χ3v) is 4.83. The van der Waals surface area contributed by atoms with E-state index < -0.39 is 6.04 Å². The summed E-state index contributed by atoms with van der Waals surface area (Å²) in [6.45, 7) is 1.89. The van der Waals surface area contributed by atoms with Crippen molar-refractivity contribution in [2.45, 2.75) is 25.9 Å². The van der Waals surface area contributed by atoms with Gasteiger partial charge in [-0.05, 0) is 24.1 Å². The van der Waals surface area contributed by atoms with Gasteiger partial charge in [-0.25, -0.2) is 0 Å². The van der Waals surface area contributed by atoms with Gasteiger partial charge in [0.2, 0.25) is 5.91 Å². The van der Waals surface area contributed by atoms with Crippen LogP contribution in [0, 0.1) is 0 Å². The molecule has 1 N–H and O–H groups in total. The van der Waals surface area contributed by atoms with E-state index in [1.807, 2.05) is 31.2 Å². The topological polar surface area (TPSA) is 86.3 Å². The average molecular weight is 431 g/mol. The molecule has 0 aliphatic heterocycles. The van der Waals surface area contributed by atoms with Crippen LogP contribution in [-0.2, 0) is 16.1 Å². The van der Waals surface area contributed by atoms with Gasteiger partial charge in [0.1, 0.15) is 29.0 Å².